The van der Waals surface area contributed by atoms with Gasteiger partial charge in [0.15, 0.2) is 0 Å². The van der Waals surface area contributed by atoms with Gasteiger partial charge in [-0.25, -0.2) is 4.98 Å². The molecule has 1 aromatic heterocycles. The van der Waals surface area contributed by atoms with Gasteiger partial charge in [-0.2, -0.15) is 0 Å². The molecule has 0 saturated heterocycles. The lowest BCUT2D eigenvalue weighted by Gasteiger charge is -2.10. The van der Waals surface area contributed by atoms with E-state index in [-0.39, 0.29) is 12.3 Å². The molecule has 0 fully saturated rings. The van der Waals surface area contributed by atoms with E-state index in [0.29, 0.717) is 6.61 Å². The van der Waals surface area contributed by atoms with Crippen LogP contribution >= 0.6 is 11.3 Å². The Kier molecular flexibility index (Phi) is 5.68. The van der Waals surface area contributed by atoms with Gasteiger partial charge in [-0.05, 0) is 56.2 Å². The molecule has 0 unspecified atom stereocenters. The normalized spacial score (nSPS) is 10.6. The molecule has 0 aliphatic heterocycles. The summed E-state index contributed by atoms with van der Waals surface area (Å²) in [7, 11) is 0. The molecule has 26 heavy (non-hydrogen) atoms. The van der Waals surface area contributed by atoms with E-state index in [1.807, 2.05) is 68.6 Å². The van der Waals surface area contributed by atoms with E-state index in [1.54, 1.807) is 11.3 Å². The van der Waals surface area contributed by atoms with Crippen molar-refractivity contribution in [2.45, 2.75) is 27.2 Å². The number of para-hydroxylation sites is 1. The van der Waals surface area contributed by atoms with Crippen LogP contribution in [0, 0.1) is 13.8 Å². The Bertz CT molecular complexity index is 880. The molecule has 0 aliphatic carbocycles. The first-order chi connectivity index (χ1) is 12.6. The molecule has 0 bridgehead atoms. The number of hydrogen-bond donors (Lipinski definition) is 1. The van der Waals surface area contributed by atoms with Crippen molar-refractivity contribution in [1.82, 2.24) is 4.98 Å². The van der Waals surface area contributed by atoms with Crippen LogP contribution in [-0.2, 0) is 11.2 Å². The Hall–Kier alpha value is -2.66. The van der Waals surface area contributed by atoms with E-state index in [0.717, 1.165) is 38.8 Å². The third-order valence-corrected chi connectivity index (χ3v) is 4.99. The van der Waals surface area contributed by atoms with E-state index < -0.39 is 0 Å². The largest absolute Gasteiger partial charge is 0.494 e. The molecule has 1 heterocycles. The maximum atomic E-state index is 12.4. The number of rotatable bonds is 6. The van der Waals surface area contributed by atoms with Crippen molar-refractivity contribution in [1.29, 1.82) is 0 Å². The van der Waals surface area contributed by atoms with Crippen molar-refractivity contribution in [3.05, 3.63) is 64.7 Å². The lowest BCUT2D eigenvalue weighted by molar-refractivity contribution is -0.115. The van der Waals surface area contributed by atoms with Gasteiger partial charge in [-0.15, -0.1) is 11.3 Å². The highest BCUT2D eigenvalue weighted by Gasteiger charge is 2.11. The maximum absolute atomic E-state index is 12.4. The van der Waals surface area contributed by atoms with Gasteiger partial charge < -0.3 is 10.1 Å². The van der Waals surface area contributed by atoms with Crippen LogP contribution in [0.2, 0.25) is 0 Å². The average Bonchev–Trinajstić information content (AvgIpc) is 3.08. The van der Waals surface area contributed by atoms with E-state index in [4.69, 9.17) is 4.74 Å². The molecule has 2 aromatic carbocycles. The summed E-state index contributed by atoms with van der Waals surface area (Å²) in [6.07, 6.45) is 0.265. The fourth-order valence-corrected chi connectivity index (χ4v) is 3.57. The Morgan fingerprint density at radius 3 is 2.46 bits per heavy atom. The standard InChI is InChI=1S/C21H22N2O2S/c1-4-25-18-10-8-16(9-11-18)21-22-17(13-26-21)12-19(24)23-20-14(2)6-5-7-15(20)3/h5-11,13H,4,12H2,1-3H3,(H,23,24). The second kappa shape index (κ2) is 8.15. The highest BCUT2D eigenvalue weighted by Crippen LogP contribution is 2.26. The van der Waals surface area contributed by atoms with Crippen LogP contribution in [0.3, 0.4) is 0 Å². The van der Waals surface area contributed by atoms with Gasteiger partial charge in [0, 0.05) is 16.6 Å². The van der Waals surface area contributed by atoms with Crippen molar-refractivity contribution in [3.63, 3.8) is 0 Å². The maximum Gasteiger partial charge on any atom is 0.230 e. The average molecular weight is 366 g/mol. The third-order valence-electron chi connectivity index (χ3n) is 4.05. The summed E-state index contributed by atoms with van der Waals surface area (Å²) in [4.78, 5) is 17.0. The fraction of sp³-hybridized carbons (Fsp3) is 0.238. The van der Waals surface area contributed by atoms with E-state index in [9.17, 15) is 4.79 Å². The number of amides is 1. The molecule has 1 N–H and O–H groups in total. The van der Waals surface area contributed by atoms with Gasteiger partial charge in [-0.3, -0.25) is 4.79 Å². The van der Waals surface area contributed by atoms with Gasteiger partial charge in [0.2, 0.25) is 5.91 Å². The summed E-state index contributed by atoms with van der Waals surface area (Å²) in [6, 6.07) is 13.8. The molecule has 5 heteroatoms. The number of aryl methyl sites for hydroxylation is 2. The quantitative estimate of drug-likeness (QED) is 0.667. The predicted molar refractivity (Wildman–Crippen MR) is 107 cm³/mol. The molecular formula is C21H22N2O2S. The number of carbonyl (C=O) groups excluding carboxylic acids is 1. The van der Waals surface area contributed by atoms with Gasteiger partial charge in [-0.1, -0.05) is 18.2 Å². The van der Waals surface area contributed by atoms with Crippen molar-refractivity contribution in [2.24, 2.45) is 0 Å². The second-order valence-electron chi connectivity index (χ2n) is 6.09. The molecule has 0 radical (unpaired) electrons. The summed E-state index contributed by atoms with van der Waals surface area (Å²) in [6.45, 7) is 6.60. The topological polar surface area (TPSA) is 51.2 Å². The minimum atomic E-state index is -0.0501. The van der Waals surface area contributed by atoms with Crippen molar-refractivity contribution in [2.75, 3.05) is 11.9 Å². The minimum Gasteiger partial charge on any atom is -0.494 e. The Morgan fingerprint density at radius 2 is 1.81 bits per heavy atom. The number of carbonyl (C=O) groups is 1. The SMILES string of the molecule is CCOc1ccc(-c2nc(CC(=O)Nc3c(C)cccc3C)cs2)cc1. The molecule has 1 amide bonds. The van der Waals surface area contributed by atoms with Crippen molar-refractivity contribution in [3.8, 4) is 16.3 Å². The molecule has 3 aromatic rings. The van der Waals surface area contributed by atoms with Crippen LogP contribution in [0.4, 0.5) is 5.69 Å². The highest BCUT2D eigenvalue weighted by molar-refractivity contribution is 7.13. The lowest BCUT2D eigenvalue weighted by Crippen LogP contribution is -2.16. The number of hydrogen-bond acceptors (Lipinski definition) is 4. The van der Waals surface area contributed by atoms with Crippen LogP contribution < -0.4 is 10.1 Å². The Labute approximate surface area is 157 Å². The smallest absolute Gasteiger partial charge is 0.230 e. The number of ether oxygens (including phenoxy) is 1. The predicted octanol–water partition coefficient (Wildman–Crippen LogP) is 5.01. The van der Waals surface area contributed by atoms with E-state index in [2.05, 4.69) is 10.3 Å². The molecule has 0 spiro atoms. The first kappa shape index (κ1) is 18.1. The van der Waals surface area contributed by atoms with Gasteiger partial charge in [0.25, 0.3) is 0 Å². The molecule has 3 rings (SSSR count). The second-order valence-corrected chi connectivity index (χ2v) is 6.95. The monoisotopic (exact) mass is 366 g/mol. The van der Waals surface area contributed by atoms with Crippen LogP contribution in [0.25, 0.3) is 10.6 Å². The summed E-state index contributed by atoms with van der Waals surface area (Å²) < 4.78 is 5.46. The summed E-state index contributed by atoms with van der Waals surface area (Å²) in [5.41, 5.74) is 4.82. The molecule has 0 aliphatic rings. The summed E-state index contributed by atoms with van der Waals surface area (Å²) >= 11 is 1.54. The number of aromatic nitrogens is 1. The van der Waals surface area contributed by atoms with Crippen LogP contribution in [0.5, 0.6) is 5.75 Å². The highest BCUT2D eigenvalue weighted by atomic mass is 32.1. The first-order valence-corrected chi connectivity index (χ1v) is 9.48. The van der Waals surface area contributed by atoms with Crippen molar-refractivity contribution >= 4 is 22.9 Å². The summed E-state index contributed by atoms with van der Waals surface area (Å²) in [5, 5.41) is 5.85. The molecule has 134 valence electrons. The number of nitrogens with zero attached hydrogens (tertiary/aromatic N) is 1. The van der Waals surface area contributed by atoms with Crippen LogP contribution in [0.1, 0.15) is 23.7 Å². The molecular weight excluding hydrogens is 344 g/mol. The summed E-state index contributed by atoms with van der Waals surface area (Å²) in [5.74, 6) is 0.798. The van der Waals surface area contributed by atoms with Gasteiger partial charge >= 0.3 is 0 Å². The van der Waals surface area contributed by atoms with Crippen molar-refractivity contribution < 1.29 is 9.53 Å². The van der Waals surface area contributed by atoms with Crippen LogP contribution in [0.15, 0.2) is 47.8 Å². The first-order valence-electron chi connectivity index (χ1n) is 8.60. The Balaban J connectivity index is 1.67. The number of anilines is 1. The molecule has 0 saturated carbocycles. The van der Waals surface area contributed by atoms with Gasteiger partial charge in [0.05, 0.1) is 18.7 Å². The molecule has 4 nitrogen and oxygen atoms in total. The minimum absolute atomic E-state index is 0.0501. The number of thiazole rings is 1. The fourth-order valence-electron chi connectivity index (χ4n) is 2.74. The van der Waals surface area contributed by atoms with E-state index >= 15 is 0 Å². The molecule has 0 atom stereocenters. The zero-order valence-electron chi connectivity index (χ0n) is 15.2. The third kappa shape index (κ3) is 4.29. The zero-order chi connectivity index (χ0) is 18.5. The van der Waals surface area contributed by atoms with E-state index in [1.165, 1.54) is 0 Å². The number of benzene rings is 2. The number of nitrogens with one attached hydrogen (secondary N) is 1. The lowest BCUT2D eigenvalue weighted by atomic mass is 10.1. The van der Waals surface area contributed by atoms with Crippen LogP contribution in [-0.4, -0.2) is 17.5 Å². The zero-order valence-corrected chi connectivity index (χ0v) is 16.0. The van der Waals surface area contributed by atoms with Gasteiger partial charge in [0.1, 0.15) is 10.8 Å². The Morgan fingerprint density at radius 1 is 1.12 bits per heavy atom.